The molecular weight excluding hydrogens is 213 g/mol. The van der Waals surface area contributed by atoms with Crippen LogP contribution >= 0.6 is 11.3 Å². The lowest BCUT2D eigenvalue weighted by Crippen LogP contribution is -2.02. The first kappa shape index (κ1) is 9.98. The van der Waals surface area contributed by atoms with Gasteiger partial charge in [-0.3, -0.25) is 9.78 Å². The molecule has 15 heavy (non-hydrogen) atoms. The van der Waals surface area contributed by atoms with Crippen LogP contribution in [0.3, 0.4) is 0 Å². The molecule has 0 saturated carbocycles. The van der Waals surface area contributed by atoms with Crippen LogP contribution in [0, 0.1) is 12.7 Å². The summed E-state index contributed by atoms with van der Waals surface area (Å²) in [7, 11) is 0. The maximum absolute atomic E-state index is 12.9. The van der Waals surface area contributed by atoms with Gasteiger partial charge in [0, 0.05) is 22.7 Å². The van der Waals surface area contributed by atoms with Crippen molar-refractivity contribution in [1.29, 1.82) is 0 Å². The molecule has 0 bridgehead atoms. The van der Waals surface area contributed by atoms with E-state index < -0.39 is 5.82 Å². The molecule has 0 radical (unpaired) electrons. The van der Waals surface area contributed by atoms with E-state index in [0.717, 1.165) is 11.8 Å². The van der Waals surface area contributed by atoms with Crippen molar-refractivity contribution in [2.45, 2.75) is 6.92 Å². The van der Waals surface area contributed by atoms with Gasteiger partial charge in [-0.2, -0.15) is 11.3 Å². The van der Waals surface area contributed by atoms with Crippen molar-refractivity contribution in [3.63, 3.8) is 0 Å². The molecule has 2 aromatic heterocycles. The molecule has 0 amide bonds. The molecule has 4 heteroatoms. The van der Waals surface area contributed by atoms with Gasteiger partial charge in [0.2, 0.25) is 0 Å². The van der Waals surface area contributed by atoms with Crippen molar-refractivity contribution < 1.29 is 9.18 Å². The number of thiophene rings is 1. The zero-order valence-electron chi connectivity index (χ0n) is 8.03. The molecule has 0 aromatic carbocycles. The maximum atomic E-state index is 12.9. The predicted molar refractivity (Wildman–Crippen MR) is 56.7 cm³/mol. The van der Waals surface area contributed by atoms with Gasteiger partial charge in [-0.15, -0.1) is 0 Å². The topological polar surface area (TPSA) is 30.0 Å². The highest BCUT2D eigenvalue weighted by molar-refractivity contribution is 7.08. The highest BCUT2D eigenvalue weighted by Crippen LogP contribution is 2.17. The van der Waals surface area contributed by atoms with Crippen LogP contribution in [0.15, 0.2) is 29.2 Å². The molecule has 0 aliphatic carbocycles. The van der Waals surface area contributed by atoms with Crippen LogP contribution in [-0.4, -0.2) is 10.8 Å². The van der Waals surface area contributed by atoms with E-state index in [9.17, 15) is 9.18 Å². The summed E-state index contributed by atoms with van der Waals surface area (Å²) in [4.78, 5) is 15.5. The Balaban J connectivity index is 2.41. The van der Waals surface area contributed by atoms with Crippen molar-refractivity contribution in [2.75, 3.05) is 0 Å². The van der Waals surface area contributed by atoms with E-state index in [2.05, 4.69) is 4.98 Å². The number of halogens is 1. The standard InChI is InChI=1S/C11H8FNOS/c1-7-5-15-6-10(7)11(14)8-2-9(12)4-13-3-8/h2-6H,1H3. The third-order valence-electron chi connectivity index (χ3n) is 2.07. The maximum Gasteiger partial charge on any atom is 0.195 e. The Bertz CT molecular complexity index is 507. The zero-order chi connectivity index (χ0) is 10.8. The molecule has 0 atom stereocenters. The van der Waals surface area contributed by atoms with Crippen molar-refractivity contribution in [3.8, 4) is 0 Å². The highest BCUT2D eigenvalue weighted by atomic mass is 32.1. The third kappa shape index (κ3) is 1.94. The van der Waals surface area contributed by atoms with E-state index in [1.165, 1.54) is 23.6 Å². The van der Waals surface area contributed by atoms with Crippen LogP contribution < -0.4 is 0 Å². The number of nitrogens with zero attached hydrogens (tertiary/aromatic N) is 1. The molecule has 2 aromatic rings. The summed E-state index contributed by atoms with van der Waals surface area (Å²) in [6.07, 6.45) is 2.46. The molecular formula is C11H8FNOS. The molecule has 0 unspecified atom stereocenters. The fraction of sp³-hybridized carbons (Fsp3) is 0.0909. The number of aromatic nitrogens is 1. The number of rotatable bonds is 2. The molecule has 2 nitrogen and oxygen atoms in total. The molecule has 2 rings (SSSR count). The van der Waals surface area contributed by atoms with Crippen LogP contribution in [0.5, 0.6) is 0 Å². The van der Waals surface area contributed by atoms with E-state index in [-0.39, 0.29) is 11.3 Å². The monoisotopic (exact) mass is 221 g/mol. The zero-order valence-corrected chi connectivity index (χ0v) is 8.84. The van der Waals surface area contributed by atoms with E-state index in [1.807, 2.05) is 12.3 Å². The number of carbonyl (C=O) groups is 1. The normalized spacial score (nSPS) is 10.3. The van der Waals surface area contributed by atoms with Crippen LogP contribution in [0.1, 0.15) is 21.5 Å². The lowest BCUT2D eigenvalue weighted by Gasteiger charge is -1.99. The first-order chi connectivity index (χ1) is 7.18. The van der Waals surface area contributed by atoms with Crippen molar-refractivity contribution in [3.05, 3.63) is 51.7 Å². The van der Waals surface area contributed by atoms with Gasteiger partial charge in [0.05, 0.1) is 6.20 Å². The average molecular weight is 221 g/mol. The van der Waals surface area contributed by atoms with Gasteiger partial charge in [0.1, 0.15) is 5.82 Å². The van der Waals surface area contributed by atoms with Crippen LogP contribution in [0.4, 0.5) is 4.39 Å². The number of aryl methyl sites for hydroxylation is 1. The van der Waals surface area contributed by atoms with Crippen LogP contribution in [0.25, 0.3) is 0 Å². The average Bonchev–Trinajstić information content (AvgIpc) is 2.63. The van der Waals surface area contributed by atoms with Gasteiger partial charge in [-0.25, -0.2) is 4.39 Å². The minimum absolute atomic E-state index is 0.180. The summed E-state index contributed by atoms with van der Waals surface area (Å²) in [5, 5.41) is 3.66. The lowest BCUT2D eigenvalue weighted by molar-refractivity contribution is 0.103. The number of hydrogen-bond donors (Lipinski definition) is 0. The second-order valence-electron chi connectivity index (χ2n) is 3.19. The summed E-state index contributed by atoms with van der Waals surface area (Å²) in [6, 6.07) is 1.20. The summed E-state index contributed by atoms with van der Waals surface area (Å²) < 4.78 is 12.9. The first-order valence-corrected chi connectivity index (χ1v) is 5.31. The fourth-order valence-electron chi connectivity index (χ4n) is 1.28. The van der Waals surface area contributed by atoms with E-state index in [4.69, 9.17) is 0 Å². The van der Waals surface area contributed by atoms with Crippen LogP contribution in [0.2, 0.25) is 0 Å². The number of carbonyl (C=O) groups excluding carboxylic acids is 1. The van der Waals surface area contributed by atoms with Gasteiger partial charge in [-0.1, -0.05) is 0 Å². The minimum atomic E-state index is -0.492. The Hall–Kier alpha value is -1.55. The van der Waals surface area contributed by atoms with Crippen molar-refractivity contribution in [2.24, 2.45) is 0 Å². The summed E-state index contributed by atoms with van der Waals surface area (Å²) in [5.41, 5.74) is 1.82. The van der Waals surface area contributed by atoms with Crippen LogP contribution in [-0.2, 0) is 0 Å². The Labute approximate surface area is 90.4 Å². The van der Waals surface area contributed by atoms with E-state index in [1.54, 1.807) is 5.38 Å². The molecule has 76 valence electrons. The molecule has 0 aliphatic heterocycles. The minimum Gasteiger partial charge on any atom is -0.289 e. The Morgan fingerprint density at radius 1 is 1.40 bits per heavy atom. The van der Waals surface area contributed by atoms with Crippen molar-refractivity contribution >= 4 is 17.1 Å². The second kappa shape index (κ2) is 3.90. The molecule has 0 spiro atoms. The molecule has 2 heterocycles. The van der Waals surface area contributed by atoms with E-state index >= 15 is 0 Å². The van der Waals surface area contributed by atoms with Gasteiger partial charge in [0.15, 0.2) is 5.78 Å². The smallest absolute Gasteiger partial charge is 0.195 e. The Morgan fingerprint density at radius 3 is 2.80 bits per heavy atom. The fourth-order valence-corrected chi connectivity index (χ4v) is 2.11. The van der Waals surface area contributed by atoms with Gasteiger partial charge in [-0.05, 0) is 23.9 Å². The molecule has 0 fully saturated rings. The lowest BCUT2D eigenvalue weighted by atomic mass is 10.1. The molecule has 0 saturated heterocycles. The highest BCUT2D eigenvalue weighted by Gasteiger charge is 2.13. The van der Waals surface area contributed by atoms with E-state index in [0.29, 0.717) is 5.56 Å². The molecule has 0 aliphatic rings. The number of ketones is 1. The number of hydrogen-bond acceptors (Lipinski definition) is 3. The SMILES string of the molecule is Cc1cscc1C(=O)c1cncc(F)c1. The molecule has 0 N–H and O–H groups in total. The Kier molecular flexibility index (Phi) is 2.60. The summed E-state index contributed by atoms with van der Waals surface area (Å²) in [5.74, 6) is -0.672. The van der Waals surface area contributed by atoms with Gasteiger partial charge in [0.25, 0.3) is 0 Å². The predicted octanol–water partition coefficient (Wildman–Crippen LogP) is 2.82. The summed E-state index contributed by atoms with van der Waals surface area (Å²) in [6.45, 7) is 1.86. The Morgan fingerprint density at radius 2 is 2.20 bits per heavy atom. The largest absolute Gasteiger partial charge is 0.289 e. The second-order valence-corrected chi connectivity index (χ2v) is 3.93. The summed E-state index contributed by atoms with van der Waals surface area (Å²) >= 11 is 1.46. The number of pyridine rings is 1. The first-order valence-electron chi connectivity index (χ1n) is 4.36. The van der Waals surface area contributed by atoms with Gasteiger partial charge < -0.3 is 0 Å². The quantitative estimate of drug-likeness (QED) is 0.730. The van der Waals surface area contributed by atoms with Gasteiger partial charge >= 0.3 is 0 Å². The third-order valence-corrected chi connectivity index (χ3v) is 2.93. The van der Waals surface area contributed by atoms with Crippen molar-refractivity contribution in [1.82, 2.24) is 4.98 Å².